The Labute approximate surface area is 162 Å². The molecule has 0 atom stereocenters. The molecule has 0 saturated heterocycles. The lowest BCUT2D eigenvalue weighted by Gasteiger charge is -2.12. The van der Waals surface area contributed by atoms with E-state index in [0.717, 1.165) is 0 Å². The van der Waals surface area contributed by atoms with E-state index in [1.807, 2.05) is 0 Å². The maximum atomic E-state index is 12.5. The second-order valence-electron chi connectivity index (χ2n) is 5.57. The van der Waals surface area contributed by atoms with Crippen LogP contribution in [0.2, 0.25) is 0 Å². The van der Waals surface area contributed by atoms with Crippen molar-refractivity contribution in [2.45, 2.75) is 4.90 Å². The van der Waals surface area contributed by atoms with Crippen LogP contribution in [0.5, 0.6) is 11.5 Å². The largest absolute Gasteiger partial charge is 0.497 e. The minimum atomic E-state index is -3.74. The summed E-state index contributed by atoms with van der Waals surface area (Å²) in [6.07, 6.45) is 3.41. The molecule has 0 bridgehead atoms. The van der Waals surface area contributed by atoms with Crippen molar-refractivity contribution in [3.63, 3.8) is 0 Å². The molecule has 28 heavy (non-hydrogen) atoms. The fourth-order valence-electron chi connectivity index (χ4n) is 2.40. The third kappa shape index (κ3) is 4.56. The SMILES string of the molecule is COc1ccc(S(=O)(=O)NCCNc2ccc(-n3cccn3)nn2)c(OC)c1. The third-order valence-electron chi connectivity index (χ3n) is 3.77. The second kappa shape index (κ2) is 8.67. The Balaban J connectivity index is 1.56. The molecule has 0 spiro atoms. The van der Waals surface area contributed by atoms with E-state index in [0.29, 0.717) is 23.9 Å². The van der Waals surface area contributed by atoms with Crippen LogP contribution < -0.4 is 19.5 Å². The summed E-state index contributed by atoms with van der Waals surface area (Å²) in [5, 5.41) is 15.2. The van der Waals surface area contributed by atoms with Crippen LogP contribution >= 0.6 is 0 Å². The van der Waals surface area contributed by atoms with E-state index in [1.54, 1.807) is 41.3 Å². The molecule has 2 N–H and O–H groups in total. The Bertz CT molecular complexity index is 1010. The van der Waals surface area contributed by atoms with Crippen LogP contribution in [0, 0.1) is 0 Å². The summed E-state index contributed by atoms with van der Waals surface area (Å²) in [5.41, 5.74) is 0. The Morgan fingerprint density at radius 1 is 1.07 bits per heavy atom. The van der Waals surface area contributed by atoms with Gasteiger partial charge in [-0.1, -0.05) is 0 Å². The van der Waals surface area contributed by atoms with Crippen molar-refractivity contribution in [1.82, 2.24) is 24.7 Å². The quantitative estimate of drug-likeness (QED) is 0.508. The lowest BCUT2D eigenvalue weighted by atomic mass is 10.3. The third-order valence-corrected chi connectivity index (χ3v) is 5.27. The van der Waals surface area contributed by atoms with Gasteiger partial charge in [-0.25, -0.2) is 17.8 Å². The highest BCUT2D eigenvalue weighted by Gasteiger charge is 2.19. The Morgan fingerprint density at radius 2 is 1.93 bits per heavy atom. The van der Waals surface area contributed by atoms with Gasteiger partial charge in [0, 0.05) is 31.5 Å². The number of nitrogens with one attached hydrogen (secondary N) is 2. The average Bonchev–Trinajstić information content (AvgIpc) is 3.26. The molecule has 2 aromatic heterocycles. The van der Waals surface area contributed by atoms with E-state index in [4.69, 9.17) is 9.47 Å². The van der Waals surface area contributed by atoms with Crippen molar-refractivity contribution >= 4 is 15.8 Å². The summed E-state index contributed by atoms with van der Waals surface area (Å²) in [7, 11) is -0.836. The van der Waals surface area contributed by atoms with Gasteiger partial charge in [-0.2, -0.15) is 5.10 Å². The predicted octanol–water partition coefficient (Wildman–Crippen LogP) is 1.07. The number of hydrogen-bond donors (Lipinski definition) is 2. The zero-order chi connectivity index (χ0) is 20.0. The molecule has 1 aromatic carbocycles. The number of aromatic nitrogens is 4. The Kier molecular flexibility index (Phi) is 6.06. The molecule has 0 saturated carbocycles. The molecule has 0 aliphatic rings. The molecule has 0 aliphatic carbocycles. The van der Waals surface area contributed by atoms with Crippen molar-refractivity contribution < 1.29 is 17.9 Å². The number of sulfonamides is 1. The molecule has 11 heteroatoms. The zero-order valence-corrected chi connectivity index (χ0v) is 16.2. The Hall–Kier alpha value is -3.18. The van der Waals surface area contributed by atoms with Gasteiger partial charge in [0.25, 0.3) is 0 Å². The maximum absolute atomic E-state index is 12.5. The molecule has 3 rings (SSSR count). The smallest absolute Gasteiger partial charge is 0.244 e. The number of benzene rings is 1. The van der Waals surface area contributed by atoms with Crippen molar-refractivity contribution in [1.29, 1.82) is 0 Å². The van der Waals surface area contributed by atoms with Crippen molar-refractivity contribution in [2.75, 3.05) is 32.6 Å². The number of ether oxygens (including phenoxy) is 2. The van der Waals surface area contributed by atoms with E-state index in [1.165, 1.54) is 26.4 Å². The first-order valence-electron chi connectivity index (χ1n) is 8.33. The van der Waals surface area contributed by atoms with E-state index in [9.17, 15) is 8.42 Å². The van der Waals surface area contributed by atoms with Gasteiger partial charge in [0.2, 0.25) is 10.0 Å². The molecule has 0 amide bonds. The molecule has 0 radical (unpaired) electrons. The van der Waals surface area contributed by atoms with Crippen LogP contribution in [0.4, 0.5) is 5.82 Å². The topological polar surface area (TPSA) is 120 Å². The molecule has 0 aliphatic heterocycles. The summed E-state index contributed by atoms with van der Waals surface area (Å²) in [6, 6.07) is 9.81. The summed E-state index contributed by atoms with van der Waals surface area (Å²) >= 11 is 0. The van der Waals surface area contributed by atoms with Gasteiger partial charge in [0.15, 0.2) is 5.82 Å². The van der Waals surface area contributed by atoms with E-state index in [-0.39, 0.29) is 17.2 Å². The van der Waals surface area contributed by atoms with Crippen molar-refractivity contribution in [3.05, 3.63) is 48.8 Å². The maximum Gasteiger partial charge on any atom is 0.244 e. The number of hydrogen-bond acceptors (Lipinski definition) is 8. The minimum Gasteiger partial charge on any atom is -0.497 e. The molecular weight excluding hydrogens is 384 g/mol. The van der Waals surface area contributed by atoms with Gasteiger partial charge in [0.1, 0.15) is 22.2 Å². The van der Waals surface area contributed by atoms with Crippen molar-refractivity contribution in [3.8, 4) is 17.3 Å². The summed E-state index contributed by atoms with van der Waals surface area (Å²) in [6.45, 7) is 0.480. The van der Waals surface area contributed by atoms with Gasteiger partial charge in [-0.15, -0.1) is 10.2 Å². The van der Waals surface area contributed by atoms with Crippen LogP contribution in [0.3, 0.4) is 0 Å². The van der Waals surface area contributed by atoms with Gasteiger partial charge >= 0.3 is 0 Å². The highest BCUT2D eigenvalue weighted by atomic mass is 32.2. The zero-order valence-electron chi connectivity index (χ0n) is 15.4. The molecular formula is C17H20N6O4S. The highest BCUT2D eigenvalue weighted by Crippen LogP contribution is 2.28. The minimum absolute atomic E-state index is 0.0409. The average molecular weight is 404 g/mol. The lowest BCUT2D eigenvalue weighted by molar-refractivity contribution is 0.386. The second-order valence-corrected chi connectivity index (χ2v) is 7.30. The molecule has 148 valence electrons. The summed E-state index contributed by atoms with van der Waals surface area (Å²) < 4.78 is 39.3. The van der Waals surface area contributed by atoms with Crippen LogP contribution in [-0.4, -0.2) is 55.7 Å². The molecule has 3 aromatic rings. The number of rotatable bonds is 9. The fourth-order valence-corrected chi connectivity index (χ4v) is 3.58. The first kappa shape index (κ1) is 19.6. The molecule has 2 heterocycles. The number of nitrogens with zero attached hydrogens (tertiary/aromatic N) is 4. The molecule has 10 nitrogen and oxygen atoms in total. The molecule has 0 unspecified atom stereocenters. The van der Waals surface area contributed by atoms with Gasteiger partial charge < -0.3 is 14.8 Å². The van der Waals surface area contributed by atoms with Gasteiger partial charge in [-0.05, 0) is 30.3 Å². The fraction of sp³-hybridized carbons (Fsp3) is 0.235. The Morgan fingerprint density at radius 3 is 2.57 bits per heavy atom. The standard InChI is InChI=1S/C17H20N6O4S/c1-26-13-4-5-15(14(12-13)27-2)28(24,25)20-10-9-18-16-6-7-17(22-21-16)23-11-3-8-19-23/h3-8,11-12,20H,9-10H2,1-2H3,(H,18,21). The number of anilines is 1. The highest BCUT2D eigenvalue weighted by molar-refractivity contribution is 7.89. The molecule has 0 fully saturated rings. The lowest BCUT2D eigenvalue weighted by Crippen LogP contribution is -2.29. The first-order valence-corrected chi connectivity index (χ1v) is 9.81. The van der Waals surface area contributed by atoms with E-state index in [2.05, 4.69) is 25.3 Å². The van der Waals surface area contributed by atoms with Gasteiger partial charge in [0.05, 0.1) is 14.2 Å². The van der Waals surface area contributed by atoms with Crippen LogP contribution in [-0.2, 0) is 10.0 Å². The number of methoxy groups -OCH3 is 2. The normalized spacial score (nSPS) is 11.2. The van der Waals surface area contributed by atoms with E-state index < -0.39 is 10.0 Å². The monoisotopic (exact) mass is 404 g/mol. The van der Waals surface area contributed by atoms with Crippen LogP contribution in [0.15, 0.2) is 53.7 Å². The van der Waals surface area contributed by atoms with Crippen molar-refractivity contribution in [2.24, 2.45) is 0 Å². The summed E-state index contributed by atoms with van der Waals surface area (Å²) in [5.74, 6) is 1.83. The van der Waals surface area contributed by atoms with Crippen LogP contribution in [0.1, 0.15) is 0 Å². The first-order chi connectivity index (χ1) is 13.5. The predicted molar refractivity (Wildman–Crippen MR) is 102 cm³/mol. The van der Waals surface area contributed by atoms with Crippen LogP contribution in [0.25, 0.3) is 5.82 Å². The summed E-state index contributed by atoms with van der Waals surface area (Å²) in [4.78, 5) is 0.0409. The van der Waals surface area contributed by atoms with E-state index >= 15 is 0 Å². The van der Waals surface area contributed by atoms with Gasteiger partial charge in [-0.3, -0.25) is 0 Å².